The summed E-state index contributed by atoms with van der Waals surface area (Å²) in [4.78, 5) is 27.2. The fourth-order valence-electron chi connectivity index (χ4n) is 3.58. The highest BCUT2D eigenvalue weighted by atomic mass is 32.2. The lowest BCUT2D eigenvalue weighted by Gasteiger charge is -2.33. The highest BCUT2D eigenvalue weighted by molar-refractivity contribution is 7.89. The minimum absolute atomic E-state index is 0.0293. The van der Waals surface area contributed by atoms with Gasteiger partial charge in [0.15, 0.2) is 0 Å². The van der Waals surface area contributed by atoms with Crippen molar-refractivity contribution in [1.82, 2.24) is 19.4 Å². The molecule has 9 heteroatoms. The molecule has 0 spiro atoms. The fourth-order valence-corrected chi connectivity index (χ4v) is 5.05. The van der Waals surface area contributed by atoms with Gasteiger partial charge in [-0.05, 0) is 42.5 Å². The summed E-state index contributed by atoms with van der Waals surface area (Å²) in [5, 5.41) is 2.60. The first-order valence-electron chi connectivity index (χ1n) is 9.58. The fraction of sp³-hybridized carbons (Fsp3) is 0.579. The number of benzene rings is 1. The molecule has 154 valence electrons. The molecule has 28 heavy (non-hydrogen) atoms. The van der Waals surface area contributed by atoms with Gasteiger partial charge in [-0.1, -0.05) is 6.07 Å². The Morgan fingerprint density at radius 3 is 2.43 bits per heavy atom. The van der Waals surface area contributed by atoms with Gasteiger partial charge in [-0.15, -0.1) is 0 Å². The lowest BCUT2D eigenvalue weighted by molar-refractivity contribution is -0.131. The van der Waals surface area contributed by atoms with Gasteiger partial charge in [0.05, 0.1) is 18.0 Å². The number of carbonyl (C=O) groups excluding carboxylic acids is 2. The lowest BCUT2D eigenvalue weighted by Crippen LogP contribution is -2.51. The summed E-state index contributed by atoms with van der Waals surface area (Å²) in [6.45, 7) is 1.80. The molecule has 0 bridgehead atoms. The van der Waals surface area contributed by atoms with Gasteiger partial charge in [0, 0.05) is 40.3 Å². The topological polar surface area (TPSA) is 90.0 Å². The molecular formula is C19H28N4O4S. The molecule has 0 aromatic heterocycles. The zero-order chi connectivity index (χ0) is 20.3. The summed E-state index contributed by atoms with van der Waals surface area (Å²) < 4.78 is 27.4. The number of nitrogens with zero attached hydrogens (tertiary/aromatic N) is 3. The van der Waals surface area contributed by atoms with Crippen molar-refractivity contribution in [3.8, 4) is 0 Å². The summed E-state index contributed by atoms with van der Waals surface area (Å²) >= 11 is 0. The largest absolute Gasteiger partial charge is 0.347 e. The van der Waals surface area contributed by atoms with Crippen LogP contribution in [-0.2, 0) is 32.5 Å². The number of hydrogen-bond acceptors (Lipinski definition) is 5. The Kier molecular flexibility index (Phi) is 6.36. The molecule has 1 fully saturated rings. The number of sulfonamides is 1. The minimum Gasteiger partial charge on any atom is -0.347 e. The summed E-state index contributed by atoms with van der Waals surface area (Å²) in [6.07, 6.45) is 3.05. The van der Waals surface area contributed by atoms with E-state index in [2.05, 4.69) is 5.32 Å². The second-order valence-electron chi connectivity index (χ2n) is 7.53. The van der Waals surface area contributed by atoms with Crippen LogP contribution in [0.4, 0.5) is 0 Å². The smallest absolute Gasteiger partial charge is 0.243 e. The molecule has 1 aromatic rings. The summed E-state index contributed by atoms with van der Waals surface area (Å²) in [7, 11) is -0.242. The molecule has 1 aromatic carbocycles. The van der Waals surface area contributed by atoms with Crippen LogP contribution < -0.4 is 5.32 Å². The number of hydrogen-bond donors (Lipinski definition) is 1. The van der Waals surface area contributed by atoms with Crippen LogP contribution in [0, 0.1) is 0 Å². The summed E-state index contributed by atoms with van der Waals surface area (Å²) in [6, 6.07) is 5.46. The van der Waals surface area contributed by atoms with Crippen LogP contribution in [0.15, 0.2) is 23.1 Å². The number of carbonyl (C=O) groups is 2. The third kappa shape index (κ3) is 4.71. The van der Waals surface area contributed by atoms with Crippen LogP contribution in [-0.4, -0.2) is 87.7 Å². The van der Waals surface area contributed by atoms with E-state index in [0.29, 0.717) is 31.1 Å². The van der Waals surface area contributed by atoms with Crippen molar-refractivity contribution < 1.29 is 18.0 Å². The Bertz CT molecular complexity index is 845. The number of piperazine rings is 1. The van der Waals surface area contributed by atoms with Gasteiger partial charge in [-0.3, -0.25) is 14.5 Å². The highest BCUT2D eigenvalue weighted by Gasteiger charge is 2.30. The maximum Gasteiger partial charge on any atom is 0.243 e. The minimum atomic E-state index is -3.51. The summed E-state index contributed by atoms with van der Waals surface area (Å²) in [5.41, 5.74) is 2.39. The standard InChI is InChI=1S/C19H28N4O4S/c1-21(2)19(25)13-20-18(24)14-22-8-10-23(11-9-22)28(26,27)17-7-6-15-4-3-5-16(15)12-17/h6-7,12H,3-5,8-11,13-14H2,1-2H3,(H,20,24). The maximum atomic E-state index is 12.9. The molecule has 2 amide bonds. The van der Waals surface area contributed by atoms with E-state index in [0.717, 1.165) is 24.8 Å². The van der Waals surface area contributed by atoms with Gasteiger partial charge in [0.2, 0.25) is 21.8 Å². The molecule has 2 aliphatic rings. The van der Waals surface area contributed by atoms with E-state index in [4.69, 9.17) is 0 Å². The van der Waals surface area contributed by atoms with Crippen molar-refractivity contribution in [3.63, 3.8) is 0 Å². The number of amides is 2. The van der Waals surface area contributed by atoms with Crippen molar-refractivity contribution in [1.29, 1.82) is 0 Å². The van der Waals surface area contributed by atoms with Gasteiger partial charge >= 0.3 is 0 Å². The molecule has 0 saturated carbocycles. The van der Waals surface area contributed by atoms with Crippen LogP contribution in [0.3, 0.4) is 0 Å². The molecule has 3 rings (SSSR count). The number of rotatable bonds is 6. The quantitative estimate of drug-likeness (QED) is 0.697. The van der Waals surface area contributed by atoms with Crippen molar-refractivity contribution in [3.05, 3.63) is 29.3 Å². The molecule has 0 atom stereocenters. The van der Waals surface area contributed by atoms with Crippen LogP contribution in [0.5, 0.6) is 0 Å². The van der Waals surface area contributed by atoms with Gasteiger partial charge in [0.1, 0.15) is 0 Å². The molecule has 8 nitrogen and oxygen atoms in total. The van der Waals surface area contributed by atoms with Crippen molar-refractivity contribution in [2.75, 3.05) is 53.4 Å². The predicted octanol–water partition coefficient (Wildman–Crippen LogP) is -0.314. The average molecular weight is 409 g/mol. The molecule has 0 unspecified atom stereocenters. The van der Waals surface area contributed by atoms with E-state index in [1.165, 1.54) is 14.8 Å². The Morgan fingerprint density at radius 1 is 1.07 bits per heavy atom. The zero-order valence-corrected chi connectivity index (χ0v) is 17.3. The third-order valence-corrected chi connectivity index (χ3v) is 7.24. The third-order valence-electron chi connectivity index (χ3n) is 5.34. The number of aryl methyl sites for hydroxylation is 2. The molecule has 0 radical (unpaired) electrons. The normalized spacial score (nSPS) is 17.9. The lowest BCUT2D eigenvalue weighted by atomic mass is 10.1. The molecular weight excluding hydrogens is 380 g/mol. The molecule has 1 heterocycles. The second kappa shape index (κ2) is 8.59. The molecule has 1 aliphatic heterocycles. The SMILES string of the molecule is CN(C)C(=O)CNC(=O)CN1CCN(S(=O)(=O)c2ccc3c(c2)CCC3)CC1. The van der Waals surface area contributed by atoms with Gasteiger partial charge in [0.25, 0.3) is 0 Å². The van der Waals surface area contributed by atoms with Crippen LogP contribution >= 0.6 is 0 Å². The number of likely N-dealkylation sites (N-methyl/N-ethyl adjacent to an activating group) is 1. The second-order valence-corrected chi connectivity index (χ2v) is 9.47. The Labute approximate surface area is 166 Å². The average Bonchev–Trinajstić information content (AvgIpc) is 3.14. The van der Waals surface area contributed by atoms with Crippen LogP contribution in [0.25, 0.3) is 0 Å². The summed E-state index contributed by atoms with van der Waals surface area (Å²) in [5.74, 6) is -0.399. The molecule has 1 N–H and O–H groups in total. The maximum absolute atomic E-state index is 12.9. The first-order chi connectivity index (χ1) is 13.3. The van der Waals surface area contributed by atoms with Crippen LogP contribution in [0.1, 0.15) is 17.5 Å². The Balaban J connectivity index is 1.52. The van der Waals surface area contributed by atoms with Crippen molar-refractivity contribution in [2.24, 2.45) is 0 Å². The van der Waals surface area contributed by atoms with Gasteiger partial charge < -0.3 is 10.2 Å². The van der Waals surface area contributed by atoms with E-state index in [-0.39, 0.29) is 24.9 Å². The van der Waals surface area contributed by atoms with E-state index < -0.39 is 10.0 Å². The van der Waals surface area contributed by atoms with Gasteiger partial charge in [-0.25, -0.2) is 8.42 Å². The van der Waals surface area contributed by atoms with E-state index in [1.807, 2.05) is 17.0 Å². The Hall–Kier alpha value is -1.97. The zero-order valence-electron chi connectivity index (χ0n) is 16.5. The van der Waals surface area contributed by atoms with Crippen molar-refractivity contribution >= 4 is 21.8 Å². The number of fused-ring (bicyclic) bond motifs is 1. The van der Waals surface area contributed by atoms with E-state index in [1.54, 1.807) is 20.2 Å². The first kappa shape index (κ1) is 20.8. The monoisotopic (exact) mass is 408 g/mol. The van der Waals surface area contributed by atoms with E-state index >= 15 is 0 Å². The molecule has 1 saturated heterocycles. The first-order valence-corrected chi connectivity index (χ1v) is 11.0. The number of nitrogens with one attached hydrogen (secondary N) is 1. The highest BCUT2D eigenvalue weighted by Crippen LogP contribution is 2.26. The Morgan fingerprint density at radius 2 is 1.75 bits per heavy atom. The van der Waals surface area contributed by atoms with E-state index in [9.17, 15) is 18.0 Å². The van der Waals surface area contributed by atoms with Crippen LogP contribution in [0.2, 0.25) is 0 Å². The predicted molar refractivity (Wildman–Crippen MR) is 105 cm³/mol. The van der Waals surface area contributed by atoms with Gasteiger partial charge in [-0.2, -0.15) is 4.31 Å². The van der Waals surface area contributed by atoms with Crippen molar-refractivity contribution in [2.45, 2.75) is 24.2 Å². The molecule has 1 aliphatic carbocycles.